The van der Waals surface area contributed by atoms with E-state index < -0.39 is 0 Å². The minimum atomic E-state index is 0.0613. The molecule has 0 fully saturated rings. The first-order valence-electron chi connectivity index (χ1n) is 4.75. The first-order chi connectivity index (χ1) is 8.04. The number of nitrogens with two attached hydrogens (primary N) is 1. The van der Waals surface area contributed by atoms with Crippen LogP contribution in [-0.4, -0.2) is 15.0 Å². The SMILES string of the molecule is Cc1ccc(Nc2nc(N)nc(Cl)n2)cc1Br. The molecule has 0 spiro atoms. The highest BCUT2D eigenvalue weighted by Gasteiger charge is 2.03. The van der Waals surface area contributed by atoms with E-state index in [4.69, 9.17) is 17.3 Å². The van der Waals surface area contributed by atoms with Gasteiger partial charge >= 0.3 is 0 Å². The second kappa shape index (κ2) is 4.85. The van der Waals surface area contributed by atoms with Crippen molar-refractivity contribution in [1.29, 1.82) is 0 Å². The second-order valence-electron chi connectivity index (χ2n) is 3.38. The van der Waals surface area contributed by atoms with E-state index in [2.05, 4.69) is 36.2 Å². The third-order valence-corrected chi connectivity index (χ3v) is 3.08. The summed E-state index contributed by atoms with van der Waals surface area (Å²) in [4.78, 5) is 11.5. The molecule has 3 N–H and O–H groups in total. The number of aromatic nitrogens is 3. The Hall–Kier alpha value is -1.40. The average Bonchev–Trinajstić information content (AvgIpc) is 2.22. The Morgan fingerprint density at radius 1 is 1.29 bits per heavy atom. The molecule has 0 atom stereocenters. The smallest absolute Gasteiger partial charge is 0.233 e. The molecule has 0 saturated heterocycles. The third-order valence-electron chi connectivity index (χ3n) is 2.05. The van der Waals surface area contributed by atoms with Gasteiger partial charge in [0.1, 0.15) is 0 Å². The molecule has 1 aromatic heterocycles. The minimum absolute atomic E-state index is 0.0613. The highest BCUT2D eigenvalue weighted by atomic mass is 79.9. The van der Waals surface area contributed by atoms with Gasteiger partial charge in [0.15, 0.2) is 0 Å². The average molecular weight is 315 g/mol. The number of nitrogens with one attached hydrogen (secondary N) is 1. The molecule has 0 aliphatic carbocycles. The van der Waals surface area contributed by atoms with Gasteiger partial charge in [-0.25, -0.2) is 0 Å². The fourth-order valence-electron chi connectivity index (χ4n) is 1.22. The zero-order valence-electron chi connectivity index (χ0n) is 8.91. The number of hydrogen-bond donors (Lipinski definition) is 2. The molecule has 0 unspecified atom stereocenters. The van der Waals surface area contributed by atoms with Crippen LogP contribution in [0.15, 0.2) is 22.7 Å². The van der Waals surface area contributed by atoms with Gasteiger partial charge in [-0.05, 0) is 36.2 Å². The molecule has 1 heterocycles. The highest BCUT2D eigenvalue weighted by Crippen LogP contribution is 2.22. The van der Waals surface area contributed by atoms with Crippen LogP contribution in [0.25, 0.3) is 0 Å². The van der Waals surface area contributed by atoms with Crippen LogP contribution in [-0.2, 0) is 0 Å². The molecule has 17 heavy (non-hydrogen) atoms. The molecule has 88 valence electrons. The summed E-state index contributed by atoms with van der Waals surface area (Å²) in [5, 5.41) is 3.06. The van der Waals surface area contributed by atoms with E-state index in [1.165, 1.54) is 0 Å². The summed E-state index contributed by atoms with van der Waals surface area (Å²) in [6, 6.07) is 5.80. The summed E-state index contributed by atoms with van der Waals surface area (Å²) in [7, 11) is 0. The summed E-state index contributed by atoms with van der Waals surface area (Å²) in [5.41, 5.74) is 7.45. The molecule has 0 aliphatic heterocycles. The Morgan fingerprint density at radius 3 is 2.71 bits per heavy atom. The Bertz CT molecular complexity index is 540. The number of nitrogens with zero attached hydrogens (tertiary/aromatic N) is 3. The molecule has 7 heteroatoms. The van der Waals surface area contributed by atoms with E-state index in [-0.39, 0.29) is 11.2 Å². The summed E-state index contributed by atoms with van der Waals surface area (Å²) in [6.07, 6.45) is 0. The van der Waals surface area contributed by atoms with E-state index in [1.807, 2.05) is 25.1 Å². The first-order valence-corrected chi connectivity index (χ1v) is 5.92. The number of nitrogen functional groups attached to an aromatic ring is 1. The monoisotopic (exact) mass is 313 g/mol. The van der Waals surface area contributed by atoms with Crippen molar-refractivity contribution in [3.05, 3.63) is 33.5 Å². The number of aryl methyl sites for hydroxylation is 1. The number of halogens is 2. The van der Waals surface area contributed by atoms with Crippen LogP contribution in [0.2, 0.25) is 5.28 Å². The first kappa shape index (κ1) is 12.1. The molecule has 0 bridgehead atoms. The van der Waals surface area contributed by atoms with Gasteiger partial charge < -0.3 is 11.1 Å². The fourth-order valence-corrected chi connectivity index (χ4v) is 1.77. The van der Waals surface area contributed by atoms with Gasteiger partial charge in [0.05, 0.1) is 0 Å². The van der Waals surface area contributed by atoms with Crippen molar-refractivity contribution in [1.82, 2.24) is 15.0 Å². The Balaban J connectivity index is 2.28. The van der Waals surface area contributed by atoms with E-state index in [0.717, 1.165) is 15.7 Å². The Morgan fingerprint density at radius 2 is 2.06 bits per heavy atom. The zero-order valence-corrected chi connectivity index (χ0v) is 11.2. The van der Waals surface area contributed by atoms with E-state index >= 15 is 0 Å². The van der Waals surface area contributed by atoms with Gasteiger partial charge in [0.25, 0.3) is 0 Å². The molecule has 2 rings (SSSR count). The lowest BCUT2D eigenvalue weighted by Crippen LogP contribution is -2.03. The van der Waals surface area contributed by atoms with Crippen LogP contribution in [0.5, 0.6) is 0 Å². The van der Waals surface area contributed by atoms with Crippen molar-refractivity contribution in [2.75, 3.05) is 11.1 Å². The topological polar surface area (TPSA) is 76.7 Å². The number of rotatable bonds is 2. The van der Waals surface area contributed by atoms with Crippen LogP contribution in [0, 0.1) is 6.92 Å². The van der Waals surface area contributed by atoms with Crippen molar-refractivity contribution >= 4 is 45.1 Å². The summed E-state index contributed by atoms with van der Waals surface area (Å²) in [6.45, 7) is 2.01. The zero-order chi connectivity index (χ0) is 12.4. The van der Waals surface area contributed by atoms with Gasteiger partial charge in [0.2, 0.25) is 17.2 Å². The molecule has 5 nitrogen and oxygen atoms in total. The van der Waals surface area contributed by atoms with E-state index in [9.17, 15) is 0 Å². The van der Waals surface area contributed by atoms with Crippen LogP contribution < -0.4 is 11.1 Å². The predicted octanol–water partition coefficient (Wildman–Crippen LogP) is 2.92. The van der Waals surface area contributed by atoms with Crippen molar-refractivity contribution in [2.24, 2.45) is 0 Å². The van der Waals surface area contributed by atoms with E-state index in [0.29, 0.717) is 5.95 Å². The molecule has 0 radical (unpaired) electrons. The maximum Gasteiger partial charge on any atom is 0.233 e. The Kier molecular flexibility index (Phi) is 3.44. The maximum atomic E-state index is 5.68. The summed E-state index contributed by atoms with van der Waals surface area (Å²) < 4.78 is 0.996. The van der Waals surface area contributed by atoms with Crippen molar-refractivity contribution in [3.63, 3.8) is 0 Å². The number of benzene rings is 1. The van der Waals surface area contributed by atoms with E-state index in [1.54, 1.807) is 0 Å². The lowest BCUT2D eigenvalue weighted by atomic mass is 10.2. The molecule has 2 aromatic rings. The Labute approximate surface area is 112 Å². The fraction of sp³-hybridized carbons (Fsp3) is 0.100. The quantitative estimate of drug-likeness (QED) is 0.891. The van der Waals surface area contributed by atoms with Gasteiger partial charge in [0, 0.05) is 10.2 Å². The van der Waals surface area contributed by atoms with Gasteiger partial charge in [-0.2, -0.15) is 15.0 Å². The lowest BCUT2D eigenvalue weighted by Gasteiger charge is -2.06. The number of hydrogen-bond acceptors (Lipinski definition) is 5. The van der Waals surface area contributed by atoms with Gasteiger partial charge in [-0.3, -0.25) is 0 Å². The van der Waals surface area contributed by atoms with Gasteiger partial charge in [-0.15, -0.1) is 0 Å². The second-order valence-corrected chi connectivity index (χ2v) is 4.57. The molecule has 0 saturated carbocycles. The largest absolute Gasteiger partial charge is 0.368 e. The van der Waals surface area contributed by atoms with Crippen molar-refractivity contribution < 1.29 is 0 Å². The van der Waals surface area contributed by atoms with Crippen molar-refractivity contribution in [3.8, 4) is 0 Å². The highest BCUT2D eigenvalue weighted by molar-refractivity contribution is 9.10. The lowest BCUT2D eigenvalue weighted by molar-refractivity contribution is 1.07. The maximum absolute atomic E-state index is 5.68. The molecular weight excluding hydrogens is 306 g/mol. The van der Waals surface area contributed by atoms with Gasteiger partial charge in [-0.1, -0.05) is 22.0 Å². The minimum Gasteiger partial charge on any atom is -0.368 e. The normalized spacial score (nSPS) is 10.3. The summed E-state index contributed by atoms with van der Waals surface area (Å²) >= 11 is 9.13. The summed E-state index contributed by atoms with van der Waals surface area (Å²) in [5.74, 6) is 0.400. The molecular formula is C10H9BrClN5. The third kappa shape index (κ3) is 3.04. The van der Waals surface area contributed by atoms with Crippen LogP contribution >= 0.6 is 27.5 Å². The van der Waals surface area contributed by atoms with Crippen LogP contribution in [0.4, 0.5) is 17.6 Å². The predicted molar refractivity (Wildman–Crippen MR) is 71.4 cm³/mol. The number of anilines is 3. The molecule has 1 aromatic carbocycles. The molecule has 0 amide bonds. The molecule has 0 aliphatic rings. The van der Waals surface area contributed by atoms with Crippen LogP contribution in [0.1, 0.15) is 5.56 Å². The standard InChI is InChI=1S/C10H9BrClN5/c1-5-2-3-6(4-7(5)11)14-10-16-8(12)15-9(13)17-10/h2-4H,1H3,(H3,13,14,15,16,17). The van der Waals surface area contributed by atoms with Crippen LogP contribution in [0.3, 0.4) is 0 Å². The van der Waals surface area contributed by atoms with Crippen molar-refractivity contribution in [2.45, 2.75) is 6.92 Å².